The van der Waals surface area contributed by atoms with E-state index in [0.717, 1.165) is 41.7 Å². The first-order valence-electron chi connectivity index (χ1n) is 8.29. The average Bonchev–Trinajstić information content (AvgIpc) is 3.04. The van der Waals surface area contributed by atoms with Gasteiger partial charge >= 0.3 is 0 Å². The number of aromatic nitrogens is 1. The van der Waals surface area contributed by atoms with Crippen molar-refractivity contribution in [2.24, 2.45) is 4.99 Å². The Balaban J connectivity index is 0.00000312. The van der Waals surface area contributed by atoms with E-state index < -0.39 is 0 Å². The molecule has 25 heavy (non-hydrogen) atoms. The zero-order chi connectivity index (χ0) is 17.4. The van der Waals surface area contributed by atoms with Gasteiger partial charge in [-0.1, -0.05) is 26.0 Å². The van der Waals surface area contributed by atoms with E-state index in [1.807, 2.05) is 19.1 Å². The van der Waals surface area contributed by atoms with Gasteiger partial charge in [0.1, 0.15) is 10.8 Å². The molecule has 0 aliphatic heterocycles. The molecule has 0 spiro atoms. The van der Waals surface area contributed by atoms with Crippen LogP contribution in [0.15, 0.2) is 34.6 Å². The molecule has 0 saturated heterocycles. The molecule has 138 valence electrons. The molecule has 4 nitrogen and oxygen atoms in total. The Morgan fingerprint density at radius 1 is 1.24 bits per heavy atom. The fraction of sp³-hybridized carbons (Fsp3) is 0.444. The predicted octanol–water partition coefficient (Wildman–Crippen LogP) is 4.32. The van der Waals surface area contributed by atoms with Crippen molar-refractivity contribution in [3.63, 3.8) is 0 Å². The molecule has 0 atom stereocenters. The number of hydrogen-bond acceptors (Lipinski definition) is 3. The monoisotopic (exact) mass is 476 g/mol. The van der Waals surface area contributed by atoms with Crippen molar-refractivity contribution in [1.82, 2.24) is 15.6 Å². The highest BCUT2D eigenvalue weighted by atomic mass is 127. The van der Waals surface area contributed by atoms with Crippen LogP contribution in [0.4, 0.5) is 4.39 Å². The van der Waals surface area contributed by atoms with Crippen LogP contribution in [0.25, 0.3) is 0 Å². The molecule has 0 saturated carbocycles. The van der Waals surface area contributed by atoms with Gasteiger partial charge in [0.2, 0.25) is 0 Å². The molecule has 2 aromatic rings. The summed E-state index contributed by atoms with van der Waals surface area (Å²) in [6, 6.07) is 6.60. The summed E-state index contributed by atoms with van der Waals surface area (Å²) >= 11 is 1.65. The lowest BCUT2D eigenvalue weighted by molar-refractivity contribution is 0.626. The Hall–Kier alpha value is -1.22. The van der Waals surface area contributed by atoms with Gasteiger partial charge in [-0.15, -0.1) is 35.3 Å². The molecule has 1 aromatic heterocycles. The second-order valence-electron chi connectivity index (χ2n) is 5.82. The van der Waals surface area contributed by atoms with Gasteiger partial charge in [0.05, 0.1) is 12.2 Å². The van der Waals surface area contributed by atoms with Crippen LogP contribution in [-0.4, -0.2) is 24.0 Å². The third-order valence-electron chi connectivity index (χ3n) is 3.50. The Morgan fingerprint density at radius 2 is 1.96 bits per heavy atom. The molecule has 7 heteroatoms. The van der Waals surface area contributed by atoms with Crippen LogP contribution < -0.4 is 10.6 Å². The molecule has 2 N–H and O–H groups in total. The van der Waals surface area contributed by atoms with E-state index in [9.17, 15) is 4.39 Å². The maximum Gasteiger partial charge on any atom is 0.191 e. The Bertz CT molecular complexity index is 655. The molecule has 2 rings (SSSR count). The van der Waals surface area contributed by atoms with E-state index in [0.29, 0.717) is 12.5 Å². The number of aliphatic imine (C=N–C) groups is 1. The Kier molecular flexibility index (Phi) is 9.96. The summed E-state index contributed by atoms with van der Waals surface area (Å²) < 4.78 is 12.9. The van der Waals surface area contributed by atoms with E-state index in [1.165, 1.54) is 12.1 Å². The molecule has 0 fully saturated rings. The minimum Gasteiger partial charge on any atom is -0.357 e. The quantitative estimate of drug-likeness (QED) is 0.356. The highest BCUT2D eigenvalue weighted by Crippen LogP contribution is 2.18. The Morgan fingerprint density at radius 3 is 2.56 bits per heavy atom. The fourth-order valence-corrected chi connectivity index (χ4v) is 3.01. The highest BCUT2D eigenvalue weighted by Gasteiger charge is 2.05. The molecular formula is C18H26FIN4S. The first-order chi connectivity index (χ1) is 11.6. The summed E-state index contributed by atoms with van der Waals surface area (Å²) in [6.45, 7) is 8.44. The molecule has 0 amide bonds. The molecule has 0 aliphatic carbocycles. The number of hydrogen-bond donors (Lipinski definition) is 2. The van der Waals surface area contributed by atoms with Crippen molar-refractivity contribution >= 4 is 41.3 Å². The number of nitrogens with one attached hydrogen (secondary N) is 2. The zero-order valence-electron chi connectivity index (χ0n) is 14.9. The van der Waals surface area contributed by atoms with Crippen molar-refractivity contribution in [2.45, 2.75) is 39.7 Å². The summed E-state index contributed by atoms with van der Waals surface area (Å²) in [5.41, 5.74) is 2.22. The zero-order valence-corrected chi connectivity index (χ0v) is 18.0. The second-order valence-corrected chi connectivity index (χ2v) is 6.76. The lowest BCUT2D eigenvalue weighted by atomic mass is 10.1. The van der Waals surface area contributed by atoms with Crippen LogP contribution in [0.5, 0.6) is 0 Å². The van der Waals surface area contributed by atoms with Gasteiger partial charge in [-0.3, -0.25) is 0 Å². The van der Waals surface area contributed by atoms with Gasteiger partial charge in [-0.2, -0.15) is 0 Å². The van der Waals surface area contributed by atoms with Crippen molar-refractivity contribution < 1.29 is 4.39 Å². The minimum absolute atomic E-state index is 0. The molecule has 1 aromatic carbocycles. The van der Waals surface area contributed by atoms with E-state index in [4.69, 9.17) is 0 Å². The van der Waals surface area contributed by atoms with Crippen LogP contribution in [0.3, 0.4) is 0 Å². The topological polar surface area (TPSA) is 49.3 Å². The predicted molar refractivity (Wildman–Crippen MR) is 115 cm³/mol. The summed E-state index contributed by atoms with van der Waals surface area (Å²) in [7, 11) is 0. The second kappa shape index (κ2) is 11.4. The van der Waals surface area contributed by atoms with Crippen molar-refractivity contribution in [2.75, 3.05) is 13.1 Å². The lowest BCUT2D eigenvalue weighted by Gasteiger charge is -2.11. The SMILES string of the molecule is CCNC(=NCc1nc(C(C)C)cs1)NCCc1ccc(F)cc1.I. The Labute approximate surface area is 170 Å². The third kappa shape index (κ3) is 7.68. The molecule has 0 bridgehead atoms. The van der Waals surface area contributed by atoms with Gasteiger partial charge in [0, 0.05) is 18.5 Å². The van der Waals surface area contributed by atoms with E-state index >= 15 is 0 Å². The van der Waals surface area contributed by atoms with Crippen LogP contribution in [0, 0.1) is 5.82 Å². The van der Waals surface area contributed by atoms with Crippen LogP contribution in [-0.2, 0) is 13.0 Å². The molecule has 1 heterocycles. The number of thiazole rings is 1. The highest BCUT2D eigenvalue weighted by molar-refractivity contribution is 14.0. The lowest BCUT2D eigenvalue weighted by Crippen LogP contribution is -2.38. The molecule has 0 aliphatic rings. The maximum absolute atomic E-state index is 12.9. The summed E-state index contributed by atoms with van der Waals surface area (Å²) in [6.07, 6.45) is 0.819. The minimum atomic E-state index is -0.203. The molecular weight excluding hydrogens is 450 g/mol. The van der Waals surface area contributed by atoms with Crippen molar-refractivity contribution in [3.05, 3.63) is 51.7 Å². The van der Waals surface area contributed by atoms with Gasteiger partial charge in [-0.05, 0) is 37.0 Å². The first-order valence-corrected chi connectivity index (χ1v) is 9.17. The van der Waals surface area contributed by atoms with Crippen LogP contribution in [0.1, 0.15) is 43.0 Å². The van der Waals surface area contributed by atoms with Crippen molar-refractivity contribution in [1.29, 1.82) is 0 Å². The van der Waals surface area contributed by atoms with Gasteiger partial charge in [0.15, 0.2) is 5.96 Å². The third-order valence-corrected chi connectivity index (χ3v) is 4.35. The van der Waals surface area contributed by atoms with Crippen LogP contribution >= 0.6 is 35.3 Å². The smallest absolute Gasteiger partial charge is 0.191 e. The standard InChI is InChI=1S/C18H25FN4S.HI/c1-4-20-18(21-10-9-14-5-7-15(19)8-6-14)22-11-17-23-16(12-24-17)13(2)3;/h5-8,12-13H,4,9-11H2,1-3H3,(H2,20,21,22);1H. The summed E-state index contributed by atoms with van der Waals surface area (Å²) in [4.78, 5) is 9.18. The molecule has 0 radical (unpaired) electrons. The van der Waals surface area contributed by atoms with Crippen LogP contribution in [0.2, 0.25) is 0 Å². The fourth-order valence-electron chi connectivity index (χ4n) is 2.13. The number of benzene rings is 1. The largest absolute Gasteiger partial charge is 0.357 e. The van der Waals surface area contributed by atoms with Gasteiger partial charge in [-0.25, -0.2) is 14.4 Å². The molecule has 0 unspecified atom stereocenters. The van der Waals surface area contributed by atoms with E-state index in [-0.39, 0.29) is 29.8 Å². The number of halogens is 2. The number of guanidine groups is 1. The van der Waals surface area contributed by atoms with Gasteiger partial charge in [0.25, 0.3) is 0 Å². The van der Waals surface area contributed by atoms with Crippen molar-refractivity contribution in [3.8, 4) is 0 Å². The normalized spacial score (nSPS) is 11.3. The van der Waals surface area contributed by atoms with E-state index in [2.05, 4.69) is 39.8 Å². The van der Waals surface area contributed by atoms with E-state index in [1.54, 1.807) is 11.3 Å². The average molecular weight is 476 g/mol. The summed E-state index contributed by atoms with van der Waals surface area (Å²) in [5.74, 6) is 1.02. The van der Waals surface area contributed by atoms with Gasteiger partial charge < -0.3 is 10.6 Å². The summed E-state index contributed by atoms with van der Waals surface area (Å²) in [5, 5.41) is 9.66. The first kappa shape index (κ1) is 21.8. The maximum atomic E-state index is 12.9. The number of rotatable bonds is 7. The number of nitrogens with zero attached hydrogens (tertiary/aromatic N) is 2.